The van der Waals surface area contributed by atoms with E-state index in [9.17, 15) is 4.79 Å². The van der Waals surface area contributed by atoms with Gasteiger partial charge in [-0.3, -0.25) is 4.79 Å². The number of hydrogen-bond acceptors (Lipinski definition) is 1. The zero-order valence-electron chi connectivity index (χ0n) is 22.4. The van der Waals surface area contributed by atoms with Crippen LogP contribution in [-0.2, 0) is 11.3 Å². The Hall–Kier alpha value is -3.20. The van der Waals surface area contributed by atoms with Crippen LogP contribution in [0, 0.1) is 11.7 Å². The summed E-state index contributed by atoms with van der Waals surface area (Å²) in [6, 6.07) is 21.9. The molecule has 0 radical (unpaired) electrons. The van der Waals surface area contributed by atoms with Gasteiger partial charge in [-0.1, -0.05) is 99.8 Å². The van der Waals surface area contributed by atoms with E-state index < -0.39 is 0 Å². The largest absolute Gasteiger partial charge is 0.348 e. The zero-order valence-corrected chi connectivity index (χ0v) is 22.4. The van der Waals surface area contributed by atoms with Crippen LogP contribution in [-0.4, -0.2) is 5.91 Å². The second-order valence-corrected chi connectivity index (χ2v) is 10.7. The molecule has 3 aromatic rings. The van der Waals surface area contributed by atoms with Crippen molar-refractivity contribution in [1.82, 2.24) is 5.32 Å². The SMILES string of the molecule is C=C(C)C(=O)NCc1ccc(-c2ccc(-c3ccc(C4CCC(CCCCC)CC4)cc3)cc2F)cc1. The molecule has 1 fully saturated rings. The van der Waals surface area contributed by atoms with Crippen LogP contribution in [0.5, 0.6) is 0 Å². The summed E-state index contributed by atoms with van der Waals surface area (Å²) < 4.78 is 15.1. The molecule has 0 unspecified atom stereocenters. The second-order valence-electron chi connectivity index (χ2n) is 10.7. The number of nitrogens with one attached hydrogen (secondary N) is 1. The number of unbranched alkanes of at least 4 members (excludes halogenated alkanes) is 2. The molecular formula is C34H40FNO. The first-order valence-corrected chi connectivity index (χ1v) is 13.9. The molecule has 194 valence electrons. The third-order valence-corrected chi connectivity index (χ3v) is 7.85. The molecule has 0 aliphatic heterocycles. The summed E-state index contributed by atoms with van der Waals surface area (Å²) in [5.41, 5.74) is 6.20. The molecular weight excluding hydrogens is 457 g/mol. The fourth-order valence-corrected chi connectivity index (χ4v) is 5.48. The Morgan fingerprint density at radius 2 is 1.54 bits per heavy atom. The smallest absolute Gasteiger partial charge is 0.246 e. The molecule has 3 heteroatoms. The molecule has 1 N–H and O–H groups in total. The number of halogens is 1. The fraction of sp³-hybridized carbons (Fsp3) is 0.382. The molecule has 4 rings (SSSR count). The van der Waals surface area contributed by atoms with Crippen molar-refractivity contribution in [2.45, 2.75) is 77.7 Å². The van der Waals surface area contributed by atoms with Crippen molar-refractivity contribution in [1.29, 1.82) is 0 Å². The summed E-state index contributed by atoms with van der Waals surface area (Å²) in [6.45, 7) is 8.02. The van der Waals surface area contributed by atoms with Gasteiger partial charge >= 0.3 is 0 Å². The van der Waals surface area contributed by atoms with Crippen molar-refractivity contribution in [3.8, 4) is 22.3 Å². The van der Waals surface area contributed by atoms with Gasteiger partial charge in [-0.25, -0.2) is 4.39 Å². The molecule has 1 amide bonds. The minimum absolute atomic E-state index is 0.163. The maximum atomic E-state index is 15.1. The Balaban J connectivity index is 1.36. The lowest BCUT2D eigenvalue weighted by Gasteiger charge is -2.29. The first kappa shape index (κ1) is 26.9. The lowest BCUT2D eigenvalue weighted by Crippen LogP contribution is -2.22. The number of carbonyl (C=O) groups excluding carboxylic acids is 1. The van der Waals surface area contributed by atoms with Crippen molar-refractivity contribution in [3.63, 3.8) is 0 Å². The Morgan fingerprint density at radius 1 is 0.892 bits per heavy atom. The summed E-state index contributed by atoms with van der Waals surface area (Å²) >= 11 is 0. The monoisotopic (exact) mass is 497 g/mol. The van der Waals surface area contributed by atoms with E-state index in [0.717, 1.165) is 28.2 Å². The molecule has 0 heterocycles. The molecule has 1 aliphatic carbocycles. The van der Waals surface area contributed by atoms with Gasteiger partial charge in [0.2, 0.25) is 5.91 Å². The fourth-order valence-electron chi connectivity index (χ4n) is 5.48. The van der Waals surface area contributed by atoms with Crippen molar-refractivity contribution >= 4 is 5.91 Å². The van der Waals surface area contributed by atoms with E-state index in [0.29, 0.717) is 23.6 Å². The van der Waals surface area contributed by atoms with Crippen molar-refractivity contribution in [2.75, 3.05) is 0 Å². The maximum absolute atomic E-state index is 15.1. The van der Waals surface area contributed by atoms with E-state index in [1.54, 1.807) is 13.0 Å². The van der Waals surface area contributed by atoms with E-state index in [2.05, 4.69) is 43.1 Å². The molecule has 2 nitrogen and oxygen atoms in total. The second kappa shape index (κ2) is 12.9. The molecule has 0 saturated heterocycles. The summed E-state index contributed by atoms with van der Waals surface area (Å²) in [5.74, 6) is 1.19. The van der Waals surface area contributed by atoms with Gasteiger partial charge < -0.3 is 5.32 Å². The molecule has 3 aromatic carbocycles. The first-order valence-electron chi connectivity index (χ1n) is 13.9. The normalized spacial score (nSPS) is 17.4. The van der Waals surface area contributed by atoms with Crippen LogP contribution in [0.1, 0.15) is 82.3 Å². The number of amides is 1. The topological polar surface area (TPSA) is 29.1 Å². The zero-order chi connectivity index (χ0) is 26.2. The van der Waals surface area contributed by atoms with Gasteiger partial charge in [0.15, 0.2) is 0 Å². The molecule has 0 spiro atoms. The third kappa shape index (κ3) is 7.19. The van der Waals surface area contributed by atoms with Gasteiger partial charge in [0.25, 0.3) is 0 Å². The van der Waals surface area contributed by atoms with Gasteiger partial charge in [-0.15, -0.1) is 0 Å². The molecule has 0 bridgehead atoms. The van der Waals surface area contributed by atoms with Crippen LogP contribution < -0.4 is 5.32 Å². The highest BCUT2D eigenvalue weighted by atomic mass is 19.1. The average molecular weight is 498 g/mol. The molecule has 0 atom stereocenters. The quantitative estimate of drug-likeness (QED) is 0.219. The van der Waals surface area contributed by atoms with E-state index in [1.165, 1.54) is 56.9 Å². The Morgan fingerprint density at radius 3 is 2.16 bits per heavy atom. The Labute approximate surface area is 222 Å². The number of carbonyl (C=O) groups is 1. The average Bonchev–Trinajstić information content (AvgIpc) is 2.92. The van der Waals surface area contributed by atoms with Crippen LogP contribution >= 0.6 is 0 Å². The minimum Gasteiger partial charge on any atom is -0.348 e. The highest BCUT2D eigenvalue weighted by molar-refractivity contribution is 5.92. The lowest BCUT2D eigenvalue weighted by atomic mass is 9.77. The molecule has 0 aromatic heterocycles. The molecule has 37 heavy (non-hydrogen) atoms. The predicted molar refractivity (Wildman–Crippen MR) is 153 cm³/mol. The number of benzene rings is 3. The van der Waals surface area contributed by atoms with Crippen LogP contribution in [0.2, 0.25) is 0 Å². The standard InChI is InChI=1S/C34H40FNO/c1-4-5-6-7-25-8-12-27(13-9-25)28-16-18-29(19-17-28)31-20-21-32(33(35)22-31)30-14-10-26(11-15-30)23-36-34(37)24(2)3/h10-11,14-22,25,27H,2,4-9,12-13,23H2,1,3H3,(H,36,37). The van der Waals surface area contributed by atoms with E-state index >= 15 is 4.39 Å². The van der Waals surface area contributed by atoms with Gasteiger partial charge in [0.1, 0.15) is 5.82 Å². The van der Waals surface area contributed by atoms with E-state index in [4.69, 9.17) is 0 Å². The summed E-state index contributed by atoms with van der Waals surface area (Å²) in [7, 11) is 0. The maximum Gasteiger partial charge on any atom is 0.246 e. The Kier molecular flexibility index (Phi) is 9.33. The Bertz CT molecular complexity index is 1190. The van der Waals surface area contributed by atoms with E-state index in [-0.39, 0.29) is 11.7 Å². The van der Waals surface area contributed by atoms with Crippen LogP contribution in [0.15, 0.2) is 78.9 Å². The van der Waals surface area contributed by atoms with Gasteiger partial charge in [-0.05, 0) is 78.3 Å². The molecule has 1 aliphatic rings. The van der Waals surface area contributed by atoms with E-state index in [1.807, 2.05) is 36.4 Å². The van der Waals surface area contributed by atoms with Crippen LogP contribution in [0.25, 0.3) is 22.3 Å². The van der Waals surface area contributed by atoms with Crippen molar-refractivity contribution in [3.05, 3.63) is 95.8 Å². The van der Waals surface area contributed by atoms with Gasteiger partial charge in [0.05, 0.1) is 0 Å². The van der Waals surface area contributed by atoms with Gasteiger partial charge in [-0.2, -0.15) is 0 Å². The van der Waals surface area contributed by atoms with Crippen LogP contribution in [0.3, 0.4) is 0 Å². The third-order valence-electron chi connectivity index (χ3n) is 7.85. The first-order chi connectivity index (χ1) is 17.9. The highest BCUT2D eigenvalue weighted by Gasteiger charge is 2.22. The highest BCUT2D eigenvalue weighted by Crippen LogP contribution is 2.38. The minimum atomic E-state index is -0.230. The number of rotatable bonds is 10. The predicted octanol–water partition coefficient (Wildman–Crippen LogP) is 9.21. The van der Waals surface area contributed by atoms with Crippen LogP contribution in [0.4, 0.5) is 4.39 Å². The van der Waals surface area contributed by atoms with Crippen molar-refractivity contribution < 1.29 is 9.18 Å². The molecule has 1 saturated carbocycles. The summed E-state index contributed by atoms with van der Waals surface area (Å²) in [6.07, 6.45) is 10.7. The number of hydrogen-bond donors (Lipinski definition) is 1. The van der Waals surface area contributed by atoms with Crippen molar-refractivity contribution in [2.24, 2.45) is 5.92 Å². The summed E-state index contributed by atoms with van der Waals surface area (Å²) in [5, 5.41) is 2.82. The lowest BCUT2D eigenvalue weighted by molar-refractivity contribution is -0.117. The van der Waals surface area contributed by atoms with Gasteiger partial charge in [0, 0.05) is 17.7 Å². The summed E-state index contributed by atoms with van der Waals surface area (Å²) in [4.78, 5) is 11.7.